The van der Waals surface area contributed by atoms with Gasteiger partial charge in [-0.05, 0) is 37.5 Å². The molecule has 112 valence electrons. The van der Waals surface area contributed by atoms with Gasteiger partial charge in [-0.2, -0.15) is 0 Å². The van der Waals surface area contributed by atoms with Gasteiger partial charge in [-0.25, -0.2) is 0 Å². The number of amides is 1. The Bertz CT molecular complexity index is 299. The van der Waals surface area contributed by atoms with Crippen LogP contribution in [0.5, 0.6) is 0 Å². The van der Waals surface area contributed by atoms with Crippen molar-refractivity contribution in [2.75, 3.05) is 0 Å². The lowest BCUT2D eigenvalue weighted by Crippen LogP contribution is -2.46. The Morgan fingerprint density at radius 3 is 1.95 bits per heavy atom. The second-order valence-electron chi connectivity index (χ2n) is 7.22. The Labute approximate surface area is 119 Å². The van der Waals surface area contributed by atoms with Crippen LogP contribution in [-0.2, 0) is 4.79 Å². The summed E-state index contributed by atoms with van der Waals surface area (Å²) < 4.78 is 0. The van der Waals surface area contributed by atoms with Crippen LogP contribution >= 0.6 is 0 Å². The van der Waals surface area contributed by atoms with E-state index in [9.17, 15) is 4.79 Å². The summed E-state index contributed by atoms with van der Waals surface area (Å²) in [6, 6.07) is 0.325. The summed E-state index contributed by atoms with van der Waals surface area (Å²) in [5.41, 5.74) is 0. The van der Waals surface area contributed by atoms with Crippen molar-refractivity contribution in [1.82, 2.24) is 10.2 Å². The number of hydrogen-bond acceptors (Lipinski definition) is 2. The lowest BCUT2D eigenvalue weighted by atomic mass is 10.0. The summed E-state index contributed by atoms with van der Waals surface area (Å²) in [6.45, 7) is 15.4. The molecule has 3 atom stereocenters. The van der Waals surface area contributed by atoms with E-state index >= 15 is 0 Å². The predicted molar refractivity (Wildman–Crippen MR) is 80.8 cm³/mol. The first-order valence-electron chi connectivity index (χ1n) is 7.82. The highest BCUT2D eigenvalue weighted by Gasteiger charge is 2.41. The number of hydrogen-bond donors (Lipinski definition) is 1. The molecule has 1 aliphatic rings. The molecule has 0 spiro atoms. The lowest BCUT2D eigenvalue weighted by molar-refractivity contribution is -0.133. The van der Waals surface area contributed by atoms with Gasteiger partial charge >= 0.3 is 0 Å². The van der Waals surface area contributed by atoms with E-state index in [0.29, 0.717) is 29.7 Å². The third-order valence-corrected chi connectivity index (χ3v) is 4.09. The van der Waals surface area contributed by atoms with E-state index in [4.69, 9.17) is 0 Å². The standard InChI is InChI=1S/C16H32N2O/c1-10(2)8-14-16(19)18(13(7)12(5)6)15(17-14)9-11(3)4/h10-15,17H,8-9H2,1-7H3. The minimum absolute atomic E-state index is 0.0185. The van der Waals surface area contributed by atoms with Crippen molar-refractivity contribution >= 4 is 5.91 Å². The molecular weight excluding hydrogens is 236 g/mol. The van der Waals surface area contributed by atoms with Crippen LogP contribution in [0, 0.1) is 17.8 Å². The molecular formula is C16H32N2O. The molecule has 0 aromatic carbocycles. The molecule has 1 fully saturated rings. The molecule has 1 rings (SSSR count). The first-order chi connectivity index (χ1) is 8.73. The molecule has 3 heteroatoms. The Balaban J connectivity index is 2.85. The zero-order valence-electron chi connectivity index (χ0n) is 13.7. The van der Waals surface area contributed by atoms with Crippen LogP contribution in [0.4, 0.5) is 0 Å². The molecule has 3 unspecified atom stereocenters. The zero-order chi connectivity index (χ0) is 14.7. The van der Waals surface area contributed by atoms with Crippen LogP contribution in [0.25, 0.3) is 0 Å². The molecule has 0 bridgehead atoms. The molecule has 1 amide bonds. The van der Waals surface area contributed by atoms with Gasteiger partial charge in [-0.1, -0.05) is 41.5 Å². The highest BCUT2D eigenvalue weighted by Crippen LogP contribution is 2.26. The fourth-order valence-corrected chi connectivity index (χ4v) is 2.79. The lowest BCUT2D eigenvalue weighted by Gasteiger charge is -2.33. The minimum atomic E-state index is 0.0185. The molecule has 0 radical (unpaired) electrons. The second-order valence-corrected chi connectivity index (χ2v) is 7.22. The second kappa shape index (κ2) is 6.74. The molecule has 0 aromatic rings. The van der Waals surface area contributed by atoms with Gasteiger partial charge in [-0.3, -0.25) is 10.1 Å². The Morgan fingerprint density at radius 2 is 1.53 bits per heavy atom. The van der Waals surface area contributed by atoms with Gasteiger partial charge in [0.25, 0.3) is 0 Å². The predicted octanol–water partition coefficient (Wildman–Crippen LogP) is 3.25. The Kier molecular flexibility index (Phi) is 5.84. The summed E-state index contributed by atoms with van der Waals surface area (Å²) >= 11 is 0. The monoisotopic (exact) mass is 268 g/mol. The van der Waals surface area contributed by atoms with E-state index in [0.717, 1.165) is 12.8 Å². The highest BCUT2D eigenvalue weighted by atomic mass is 16.2. The minimum Gasteiger partial charge on any atom is -0.323 e. The molecule has 1 aliphatic heterocycles. The van der Waals surface area contributed by atoms with Crippen LogP contribution in [0.2, 0.25) is 0 Å². The average Bonchev–Trinajstić information content (AvgIpc) is 2.52. The summed E-state index contributed by atoms with van der Waals surface area (Å²) in [7, 11) is 0. The third-order valence-electron chi connectivity index (χ3n) is 4.09. The van der Waals surface area contributed by atoms with Crippen molar-refractivity contribution in [3.8, 4) is 0 Å². The van der Waals surface area contributed by atoms with Crippen molar-refractivity contribution in [3.63, 3.8) is 0 Å². The number of nitrogens with zero attached hydrogens (tertiary/aromatic N) is 1. The van der Waals surface area contributed by atoms with Crippen molar-refractivity contribution < 1.29 is 4.79 Å². The summed E-state index contributed by atoms with van der Waals surface area (Å²) in [4.78, 5) is 14.8. The van der Waals surface area contributed by atoms with E-state index in [1.165, 1.54) is 0 Å². The van der Waals surface area contributed by atoms with Crippen molar-refractivity contribution in [3.05, 3.63) is 0 Å². The van der Waals surface area contributed by atoms with E-state index < -0.39 is 0 Å². The van der Waals surface area contributed by atoms with Crippen LogP contribution < -0.4 is 5.32 Å². The average molecular weight is 268 g/mol. The molecule has 0 aromatic heterocycles. The molecule has 19 heavy (non-hydrogen) atoms. The fraction of sp³-hybridized carbons (Fsp3) is 0.938. The molecule has 0 aliphatic carbocycles. The number of carbonyl (C=O) groups excluding carboxylic acids is 1. The van der Waals surface area contributed by atoms with Crippen LogP contribution in [0.1, 0.15) is 61.3 Å². The quantitative estimate of drug-likeness (QED) is 0.802. The largest absolute Gasteiger partial charge is 0.323 e. The number of carbonyl (C=O) groups is 1. The van der Waals surface area contributed by atoms with Gasteiger partial charge in [0, 0.05) is 6.04 Å². The molecule has 1 N–H and O–H groups in total. The summed E-state index contributed by atoms with van der Waals surface area (Å²) in [5, 5.41) is 3.57. The van der Waals surface area contributed by atoms with E-state index in [1.807, 2.05) is 0 Å². The van der Waals surface area contributed by atoms with Gasteiger partial charge < -0.3 is 4.90 Å². The van der Waals surface area contributed by atoms with Gasteiger partial charge in [0.2, 0.25) is 5.91 Å². The van der Waals surface area contributed by atoms with Crippen LogP contribution in [0.15, 0.2) is 0 Å². The number of nitrogens with one attached hydrogen (secondary N) is 1. The molecule has 3 nitrogen and oxygen atoms in total. The normalized spacial score (nSPS) is 26.0. The van der Waals surface area contributed by atoms with E-state index in [1.54, 1.807) is 0 Å². The maximum absolute atomic E-state index is 12.6. The Morgan fingerprint density at radius 1 is 1.00 bits per heavy atom. The maximum Gasteiger partial charge on any atom is 0.241 e. The Hall–Kier alpha value is -0.570. The van der Waals surface area contributed by atoms with Crippen molar-refractivity contribution in [2.45, 2.75) is 79.6 Å². The van der Waals surface area contributed by atoms with Gasteiger partial charge in [0.05, 0.1) is 12.2 Å². The van der Waals surface area contributed by atoms with Gasteiger partial charge in [0.1, 0.15) is 0 Å². The molecule has 1 saturated heterocycles. The van der Waals surface area contributed by atoms with Gasteiger partial charge in [-0.15, -0.1) is 0 Å². The summed E-state index contributed by atoms with van der Waals surface area (Å²) in [5.74, 6) is 1.96. The van der Waals surface area contributed by atoms with E-state index in [2.05, 4.69) is 58.7 Å². The van der Waals surface area contributed by atoms with Crippen LogP contribution in [0.3, 0.4) is 0 Å². The van der Waals surface area contributed by atoms with Gasteiger partial charge in [0.15, 0.2) is 0 Å². The van der Waals surface area contributed by atoms with Crippen molar-refractivity contribution in [2.24, 2.45) is 17.8 Å². The zero-order valence-corrected chi connectivity index (χ0v) is 13.7. The first kappa shape index (κ1) is 16.5. The molecule has 0 saturated carbocycles. The van der Waals surface area contributed by atoms with Crippen LogP contribution in [-0.4, -0.2) is 29.1 Å². The third kappa shape index (κ3) is 4.20. The SMILES string of the molecule is CC(C)CC1NC(CC(C)C)N(C(C)C(C)C)C1=O. The first-order valence-corrected chi connectivity index (χ1v) is 7.82. The topological polar surface area (TPSA) is 32.3 Å². The molecule has 1 heterocycles. The fourth-order valence-electron chi connectivity index (χ4n) is 2.79. The number of rotatable bonds is 6. The van der Waals surface area contributed by atoms with E-state index in [-0.39, 0.29) is 12.2 Å². The maximum atomic E-state index is 12.6. The highest BCUT2D eigenvalue weighted by molar-refractivity contribution is 5.84. The smallest absolute Gasteiger partial charge is 0.241 e. The summed E-state index contributed by atoms with van der Waals surface area (Å²) in [6.07, 6.45) is 2.19. The van der Waals surface area contributed by atoms with Crippen molar-refractivity contribution in [1.29, 1.82) is 0 Å².